The minimum absolute atomic E-state index is 0.0561. The van der Waals surface area contributed by atoms with E-state index in [2.05, 4.69) is 27.7 Å². The van der Waals surface area contributed by atoms with Gasteiger partial charge >= 0.3 is 0 Å². The second-order valence-corrected chi connectivity index (χ2v) is 5.49. The Morgan fingerprint density at radius 2 is 1.86 bits per heavy atom. The maximum Gasteiger partial charge on any atom is 0.239 e. The summed E-state index contributed by atoms with van der Waals surface area (Å²) in [4.78, 5) is 14.4. The van der Waals surface area contributed by atoms with Gasteiger partial charge in [0.1, 0.15) is 0 Å². The molecule has 0 unspecified atom stereocenters. The van der Waals surface area contributed by atoms with Gasteiger partial charge in [-0.15, -0.1) is 0 Å². The summed E-state index contributed by atoms with van der Waals surface area (Å²) in [6.45, 7) is 3.56. The van der Waals surface area contributed by atoms with Gasteiger partial charge in [-0.05, 0) is 17.2 Å². The van der Waals surface area contributed by atoms with Crippen LogP contribution in [-0.2, 0) is 17.9 Å². The van der Waals surface area contributed by atoms with Crippen molar-refractivity contribution in [2.24, 2.45) is 0 Å². The van der Waals surface area contributed by atoms with Gasteiger partial charge in [0.15, 0.2) is 0 Å². The topological polar surface area (TPSA) is 44.4 Å². The molecule has 1 aliphatic rings. The number of fused-ring (bicyclic) bond motifs is 1. The summed E-state index contributed by atoms with van der Waals surface area (Å²) < 4.78 is 0. The molecular weight excluding hydrogens is 274 g/mol. The molecule has 2 aromatic carbocycles. The summed E-state index contributed by atoms with van der Waals surface area (Å²) in [5.41, 5.74) is 3.52. The fourth-order valence-electron chi connectivity index (χ4n) is 2.72. The average molecular weight is 295 g/mol. The maximum absolute atomic E-state index is 12.2. The van der Waals surface area contributed by atoms with Gasteiger partial charge < -0.3 is 15.5 Å². The third kappa shape index (κ3) is 3.65. The molecule has 0 spiro atoms. The number of rotatable bonds is 4. The quantitative estimate of drug-likeness (QED) is 0.905. The molecular formula is C18H21N3O. The minimum Gasteiger partial charge on any atom is -0.361 e. The fraction of sp³-hybridized carbons (Fsp3) is 0.278. The SMILES string of the molecule is O=C(CN1CCNCc2ccccc21)NCc1ccccc1. The largest absolute Gasteiger partial charge is 0.361 e. The Balaban J connectivity index is 1.61. The zero-order valence-corrected chi connectivity index (χ0v) is 12.6. The number of amides is 1. The lowest BCUT2D eigenvalue weighted by molar-refractivity contribution is -0.119. The van der Waals surface area contributed by atoms with Crippen LogP contribution in [0.3, 0.4) is 0 Å². The average Bonchev–Trinajstić information content (AvgIpc) is 2.77. The molecule has 1 heterocycles. The van der Waals surface area contributed by atoms with Crippen molar-refractivity contribution < 1.29 is 4.79 Å². The smallest absolute Gasteiger partial charge is 0.239 e. The van der Waals surface area contributed by atoms with Gasteiger partial charge in [0.25, 0.3) is 0 Å². The molecule has 2 N–H and O–H groups in total. The van der Waals surface area contributed by atoms with Crippen LogP contribution in [0.5, 0.6) is 0 Å². The van der Waals surface area contributed by atoms with Crippen molar-refractivity contribution >= 4 is 11.6 Å². The third-order valence-electron chi connectivity index (χ3n) is 3.87. The van der Waals surface area contributed by atoms with Crippen molar-refractivity contribution in [1.29, 1.82) is 0 Å². The number of nitrogens with one attached hydrogen (secondary N) is 2. The van der Waals surface area contributed by atoms with E-state index in [1.807, 2.05) is 42.5 Å². The molecule has 0 fully saturated rings. The highest BCUT2D eigenvalue weighted by atomic mass is 16.2. The highest BCUT2D eigenvalue weighted by molar-refractivity contribution is 5.81. The molecule has 0 aliphatic carbocycles. The van der Waals surface area contributed by atoms with Crippen LogP contribution in [0.2, 0.25) is 0 Å². The first-order valence-corrected chi connectivity index (χ1v) is 7.67. The summed E-state index contributed by atoms with van der Waals surface area (Å²) in [5.74, 6) is 0.0561. The number of para-hydroxylation sites is 1. The van der Waals surface area contributed by atoms with E-state index < -0.39 is 0 Å². The van der Waals surface area contributed by atoms with Crippen molar-refractivity contribution in [3.63, 3.8) is 0 Å². The van der Waals surface area contributed by atoms with E-state index in [0.29, 0.717) is 13.1 Å². The lowest BCUT2D eigenvalue weighted by Crippen LogP contribution is -2.39. The Bertz CT molecular complexity index is 627. The van der Waals surface area contributed by atoms with E-state index >= 15 is 0 Å². The van der Waals surface area contributed by atoms with E-state index in [1.54, 1.807) is 0 Å². The Labute approximate surface area is 131 Å². The number of hydrogen-bond donors (Lipinski definition) is 2. The predicted molar refractivity (Wildman–Crippen MR) is 88.7 cm³/mol. The van der Waals surface area contributed by atoms with Gasteiger partial charge in [0.05, 0.1) is 6.54 Å². The van der Waals surface area contributed by atoms with Gasteiger partial charge in [0.2, 0.25) is 5.91 Å². The molecule has 1 amide bonds. The van der Waals surface area contributed by atoms with Crippen LogP contribution in [0.4, 0.5) is 5.69 Å². The van der Waals surface area contributed by atoms with Gasteiger partial charge in [-0.25, -0.2) is 0 Å². The lowest BCUT2D eigenvalue weighted by Gasteiger charge is -2.23. The Morgan fingerprint density at radius 3 is 2.73 bits per heavy atom. The number of carbonyl (C=O) groups is 1. The first-order valence-electron chi connectivity index (χ1n) is 7.67. The van der Waals surface area contributed by atoms with Crippen LogP contribution in [0, 0.1) is 0 Å². The molecule has 4 nitrogen and oxygen atoms in total. The van der Waals surface area contributed by atoms with Crippen molar-refractivity contribution in [2.45, 2.75) is 13.1 Å². The summed E-state index contributed by atoms with van der Waals surface area (Å²) in [6.07, 6.45) is 0. The molecule has 3 rings (SSSR count). The first-order chi connectivity index (χ1) is 10.8. The molecule has 2 aromatic rings. The predicted octanol–water partition coefficient (Wildman–Crippen LogP) is 1.91. The fourth-order valence-corrected chi connectivity index (χ4v) is 2.72. The van der Waals surface area contributed by atoms with E-state index in [4.69, 9.17) is 0 Å². The summed E-state index contributed by atoms with van der Waals surface area (Å²) in [6, 6.07) is 18.3. The van der Waals surface area contributed by atoms with Crippen molar-refractivity contribution in [1.82, 2.24) is 10.6 Å². The number of nitrogens with zero attached hydrogens (tertiary/aromatic N) is 1. The van der Waals surface area contributed by atoms with Crippen LogP contribution in [-0.4, -0.2) is 25.5 Å². The van der Waals surface area contributed by atoms with Gasteiger partial charge in [-0.1, -0.05) is 48.5 Å². The Kier molecular flexibility index (Phi) is 4.71. The molecule has 0 saturated heterocycles. The highest BCUT2D eigenvalue weighted by Gasteiger charge is 2.16. The van der Waals surface area contributed by atoms with E-state index in [9.17, 15) is 4.79 Å². The second-order valence-electron chi connectivity index (χ2n) is 5.49. The first kappa shape index (κ1) is 14.6. The molecule has 0 bridgehead atoms. The minimum atomic E-state index is 0.0561. The van der Waals surface area contributed by atoms with Crippen molar-refractivity contribution in [3.05, 3.63) is 65.7 Å². The van der Waals surface area contributed by atoms with Crippen LogP contribution in [0.1, 0.15) is 11.1 Å². The Hall–Kier alpha value is -2.33. The van der Waals surface area contributed by atoms with Gasteiger partial charge in [-0.3, -0.25) is 4.79 Å². The van der Waals surface area contributed by atoms with Gasteiger partial charge in [-0.2, -0.15) is 0 Å². The molecule has 0 saturated carbocycles. The maximum atomic E-state index is 12.2. The zero-order valence-electron chi connectivity index (χ0n) is 12.6. The van der Waals surface area contributed by atoms with Crippen LogP contribution >= 0.6 is 0 Å². The monoisotopic (exact) mass is 295 g/mol. The van der Waals surface area contributed by atoms with E-state index in [0.717, 1.165) is 30.9 Å². The van der Waals surface area contributed by atoms with Crippen molar-refractivity contribution in [3.8, 4) is 0 Å². The molecule has 0 atom stereocenters. The lowest BCUT2D eigenvalue weighted by atomic mass is 10.1. The molecule has 0 radical (unpaired) electrons. The summed E-state index contributed by atoms with van der Waals surface area (Å²) in [5, 5.41) is 6.39. The number of benzene rings is 2. The zero-order chi connectivity index (χ0) is 15.2. The normalized spacial score (nSPS) is 14.1. The molecule has 1 aliphatic heterocycles. The van der Waals surface area contributed by atoms with Crippen LogP contribution < -0.4 is 15.5 Å². The summed E-state index contributed by atoms with van der Waals surface area (Å²) >= 11 is 0. The van der Waals surface area contributed by atoms with Gasteiger partial charge in [0, 0.05) is 31.9 Å². The summed E-state index contributed by atoms with van der Waals surface area (Å²) in [7, 11) is 0. The number of anilines is 1. The van der Waals surface area contributed by atoms with Crippen LogP contribution in [0.15, 0.2) is 54.6 Å². The molecule has 4 heteroatoms. The number of hydrogen-bond acceptors (Lipinski definition) is 3. The highest BCUT2D eigenvalue weighted by Crippen LogP contribution is 2.21. The molecule has 114 valence electrons. The molecule has 22 heavy (non-hydrogen) atoms. The van der Waals surface area contributed by atoms with Crippen molar-refractivity contribution in [2.75, 3.05) is 24.5 Å². The second kappa shape index (κ2) is 7.09. The van der Waals surface area contributed by atoms with Crippen LogP contribution in [0.25, 0.3) is 0 Å². The van der Waals surface area contributed by atoms with E-state index in [-0.39, 0.29) is 5.91 Å². The Morgan fingerprint density at radius 1 is 1.09 bits per heavy atom. The standard InChI is InChI=1S/C18H21N3O/c22-18(20-12-15-6-2-1-3-7-15)14-21-11-10-19-13-16-8-4-5-9-17(16)21/h1-9,19H,10-14H2,(H,20,22). The third-order valence-corrected chi connectivity index (χ3v) is 3.87. The molecule has 0 aromatic heterocycles. The van der Waals surface area contributed by atoms with E-state index in [1.165, 1.54) is 5.56 Å². The number of carbonyl (C=O) groups excluding carboxylic acids is 1.